The predicted molar refractivity (Wildman–Crippen MR) is 124 cm³/mol. The Bertz CT molecular complexity index is 1280. The van der Waals surface area contributed by atoms with Crippen LogP contribution in [0, 0.1) is 18.2 Å². The quantitative estimate of drug-likeness (QED) is 0.472. The van der Waals surface area contributed by atoms with E-state index in [9.17, 15) is 19.1 Å². The summed E-state index contributed by atoms with van der Waals surface area (Å²) in [6.45, 7) is 2.32. The number of aromatic carboxylic acids is 1. The van der Waals surface area contributed by atoms with E-state index in [1.807, 2.05) is 13.0 Å². The number of rotatable bonds is 7. The Balaban J connectivity index is 1.85. The van der Waals surface area contributed by atoms with Gasteiger partial charge in [-0.3, -0.25) is 4.79 Å². The molecule has 0 fully saturated rings. The van der Waals surface area contributed by atoms with Gasteiger partial charge in [-0.15, -0.1) is 17.8 Å². The number of carboxylic acid groups (broad SMARTS) is 1. The van der Waals surface area contributed by atoms with Gasteiger partial charge in [0.15, 0.2) is 11.5 Å². The molecule has 0 bridgehead atoms. The Morgan fingerprint density at radius 3 is 2.79 bits per heavy atom. The maximum atomic E-state index is 13.9. The number of hydrogen-bond donors (Lipinski definition) is 2. The maximum Gasteiger partial charge on any atom is 0.346 e. The third-order valence-electron chi connectivity index (χ3n) is 5.19. The van der Waals surface area contributed by atoms with Gasteiger partial charge in [0, 0.05) is 22.8 Å². The van der Waals surface area contributed by atoms with Crippen LogP contribution in [0.15, 0.2) is 42.5 Å². The van der Waals surface area contributed by atoms with Gasteiger partial charge in [0.2, 0.25) is 5.91 Å². The summed E-state index contributed by atoms with van der Waals surface area (Å²) in [4.78, 5) is 25.4. The summed E-state index contributed by atoms with van der Waals surface area (Å²) < 4.78 is 25.2. The zero-order valence-corrected chi connectivity index (χ0v) is 18.5. The minimum atomic E-state index is -1.14. The Kier molecular flexibility index (Phi) is 6.33. The third kappa shape index (κ3) is 4.41. The average Bonchev–Trinajstić information content (AvgIpc) is 3.17. The molecule has 1 unspecified atom stereocenters. The number of hydrogen-bond acceptors (Lipinski definition) is 5. The Labute approximate surface area is 194 Å². The highest BCUT2D eigenvalue weighted by Gasteiger charge is 2.35. The van der Waals surface area contributed by atoms with Crippen molar-refractivity contribution >= 4 is 28.9 Å². The summed E-state index contributed by atoms with van der Waals surface area (Å²) in [6, 6.07) is 11.0. The van der Waals surface area contributed by atoms with Gasteiger partial charge in [-0.1, -0.05) is 24.1 Å². The fraction of sp³-hybridized carbons (Fsp3) is 0.200. The number of carbonyl (C=O) groups is 2. The summed E-state index contributed by atoms with van der Waals surface area (Å²) in [5.41, 5.74) is 1.86. The molecule has 0 radical (unpaired) electrons. The molecule has 168 valence electrons. The van der Waals surface area contributed by atoms with E-state index in [-0.39, 0.29) is 23.8 Å². The fourth-order valence-electron chi connectivity index (χ4n) is 3.87. The molecule has 1 atom stereocenters. The van der Waals surface area contributed by atoms with Crippen molar-refractivity contribution in [2.24, 2.45) is 0 Å². The molecule has 0 saturated heterocycles. The molecule has 1 amide bonds. The Hall–Kier alpha value is -3.83. The fourth-order valence-corrected chi connectivity index (χ4v) is 5.12. The molecule has 1 aliphatic rings. The topological polar surface area (TPSA) is 84.9 Å². The number of terminal acetylenes is 1. The van der Waals surface area contributed by atoms with Gasteiger partial charge in [-0.2, -0.15) is 0 Å². The van der Waals surface area contributed by atoms with Gasteiger partial charge in [0.25, 0.3) is 0 Å². The standard InChI is InChI=1S/C25H20FNO5S/c1-3-10-32-18-9-8-14(12-19(18)31-4-2)17-13-20(28)27-22-21(15-6-5-7-16(26)11-15)24(25(29)30)33-23(17)22/h1,5-9,11-12,17H,4,10,13H2,2H3,(H,27,28)(H,29,30). The molecule has 0 saturated carbocycles. The van der Waals surface area contributed by atoms with Crippen LogP contribution in [0.3, 0.4) is 0 Å². The minimum absolute atomic E-state index is 0.0387. The second-order valence-electron chi connectivity index (χ2n) is 7.30. The minimum Gasteiger partial charge on any atom is -0.490 e. The molecule has 2 aromatic carbocycles. The van der Waals surface area contributed by atoms with Crippen LogP contribution in [0.2, 0.25) is 0 Å². The third-order valence-corrected chi connectivity index (χ3v) is 6.49. The van der Waals surface area contributed by atoms with Crippen LogP contribution in [0.1, 0.15) is 39.4 Å². The normalized spacial score (nSPS) is 14.7. The maximum absolute atomic E-state index is 13.9. The number of anilines is 1. The van der Waals surface area contributed by atoms with Crippen molar-refractivity contribution < 1.29 is 28.6 Å². The second kappa shape index (κ2) is 9.35. The van der Waals surface area contributed by atoms with Crippen LogP contribution in [0.25, 0.3) is 11.1 Å². The number of benzene rings is 2. The number of amides is 1. The van der Waals surface area contributed by atoms with Gasteiger partial charge in [0.05, 0.1) is 12.3 Å². The molecule has 2 heterocycles. The van der Waals surface area contributed by atoms with Crippen molar-refractivity contribution in [3.8, 4) is 35.0 Å². The average molecular weight is 466 g/mol. The number of halogens is 1. The van der Waals surface area contributed by atoms with E-state index in [1.54, 1.807) is 18.2 Å². The van der Waals surface area contributed by atoms with E-state index in [4.69, 9.17) is 15.9 Å². The van der Waals surface area contributed by atoms with Crippen molar-refractivity contribution in [2.75, 3.05) is 18.5 Å². The number of fused-ring (bicyclic) bond motifs is 1. The van der Waals surface area contributed by atoms with Crippen LogP contribution in [-0.4, -0.2) is 30.2 Å². The van der Waals surface area contributed by atoms with Crippen molar-refractivity contribution in [3.63, 3.8) is 0 Å². The number of ether oxygens (including phenoxy) is 2. The number of thiophene rings is 1. The van der Waals surface area contributed by atoms with E-state index in [0.717, 1.165) is 16.9 Å². The summed E-state index contributed by atoms with van der Waals surface area (Å²) in [6.07, 6.45) is 5.41. The lowest BCUT2D eigenvalue weighted by Gasteiger charge is -2.24. The first-order valence-corrected chi connectivity index (χ1v) is 11.0. The molecular weight excluding hydrogens is 445 g/mol. The second-order valence-corrected chi connectivity index (χ2v) is 8.35. The lowest BCUT2D eigenvalue weighted by molar-refractivity contribution is -0.116. The van der Waals surface area contributed by atoms with E-state index >= 15 is 0 Å². The highest BCUT2D eigenvalue weighted by Crippen LogP contribution is 2.50. The molecule has 1 aliphatic heterocycles. The van der Waals surface area contributed by atoms with Gasteiger partial charge in [0.1, 0.15) is 17.3 Å². The van der Waals surface area contributed by atoms with Crippen LogP contribution in [-0.2, 0) is 4.79 Å². The van der Waals surface area contributed by atoms with Crippen molar-refractivity contribution in [1.29, 1.82) is 0 Å². The molecule has 0 spiro atoms. The Morgan fingerprint density at radius 2 is 2.09 bits per heavy atom. The van der Waals surface area contributed by atoms with Crippen LogP contribution < -0.4 is 14.8 Å². The van der Waals surface area contributed by atoms with E-state index in [0.29, 0.717) is 39.8 Å². The van der Waals surface area contributed by atoms with Crippen LogP contribution in [0.4, 0.5) is 10.1 Å². The first-order chi connectivity index (χ1) is 15.9. The molecule has 0 aliphatic carbocycles. The first kappa shape index (κ1) is 22.4. The Morgan fingerprint density at radius 1 is 1.27 bits per heavy atom. The molecule has 2 N–H and O–H groups in total. The molecule has 4 rings (SSSR count). The van der Waals surface area contributed by atoms with Crippen LogP contribution in [0.5, 0.6) is 11.5 Å². The smallest absolute Gasteiger partial charge is 0.346 e. The highest BCUT2D eigenvalue weighted by atomic mass is 32.1. The molecule has 6 nitrogen and oxygen atoms in total. The lowest BCUT2D eigenvalue weighted by Crippen LogP contribution is -2.22. The number of nitrogens with one attached hydrogen (secondary N) is 1. The van der Waals surface area contributed by atoms with Gasteiger partial charge in [-0.05, 0) is 42.3 Å². The van der Waals surface area contributed by atoms with E-state index in [2.05, 4.69) is 11.2 Å². The van der Waals surface area contributed by atoms with Gasteiger partial charge in [-0.25, -0.2) is 9.18 Å². The highest BCUT2D eigenvalue weighted by molar-refractivity contribution is 7.15. The van der Waals surface area contributed by atoms with Crippen LogP contribution >= 0.6 is 11.3 Å². The molecule has 33 heavy (non-hydrogen) atoms. The molecular formula is C25H20FNO5S. The molecule has 8 heteroatoms. The number of carbonyl (C=O) groups excluding carboxylic acids is 1. The summed E-state index contributed by atoms with van der Waals surface area (Å²) >= 11 is 1.08. The summed E-state index contributed by atoms with van der Waals surface area (Å²) in [5, 5.41) is 12.7. The van der Waals surface area contributed by atoms with Crippen molar-refractivity contribution in [3.05, 3.63) is 63.6 Å². The SMILES string of the molecule is C#CCOc1ccc(C2CC(=O)Nc3c2sc(C(=O)O)c3-c2cccc(F)c2)cc1OCC. The predicted octanol–water partition coefficient (Wildman–Crippen LogP) is 5.14. The van der Waals surface area contributed by atoms with Gasteiger partial charge < -0.3 is 19.9 Å². The molecule has 1 aromatic heterocycles. The first-order valence-electron chi connectivity index (χ1n) is 10.2. The zero-order valence-electron chi connectivity index (χ0n) is 17.7. The lowest BCUT2D eigenvalue weighted by atomic mass is 9.88. The number of carboxylic acids is 1. The zero-order chi connectivity index (χ0) is 23.5. The monoisotopic (exact) mass is 465 g/mol. The summed E-state index contributed by atoms with van der Waals surface area (Å²) in [7, 11) is 0. The molecule has 3 aromatic rings. The van der Waals surface area contributed by atoms with E-state index in [1.165, 1.54) is 18.2 Å². The van der Waals surface area contributed by atoms with E-state index < -0.39 is 17.7 Å². The largest absolute Gasteiger partial charge is 0.490 e. The summed E-state index contributed by atoms with van der Waals surface area (Å²) in [5.74, 6) is 1.08. The van der Waals surface area contributed by atoms with Gasteiger partial charge >= 0.3 is 5.97 Å². The van der Waals surface area contributed by atoms with Crippen molar-refractivity contribution in [2.45, 2.75) is 19.3 Å². The van der Waals surface area contributed by atoms with Crippen molar-refractivity contribution in [1.82, 2.24) is 0 Å².